The van der Waals surface area contributed by atoms with Gasteiger partial charge in [-0.1, -0.05) is 0 Å². The molecule has 1 amide bonds. The Labute approximate surface area is 720 Å². The van der Waals surface area contributed by atoms with Gasteiger partial charge in [-0.3, -0.25) is 68.7 Å². The van der Waals surface area contributed by atoms with E-state index in [1.54, 1.807) is 85.2 Å². The van der Waals surface area contributed by atoms with E-state index < -0.39 is 79.0 Å². The fourth-order valence-corrected chi connectivity index (χ4v) is 14.4. The molecule has 128 heavy (non-hydrogen) atoms. The molecule has 0 radical (unpaired) electrons. The molecule has 0 spiro atoms. The number of rotatable bonds is 18. The maximum absolute atomic E-state index is 15.2. The third-order valence-electron chi connectivity index (χ3n) is 20.7. The lowest BCUT2D eigenvalue weighted by Crippen LogP contribution is -2.49. The number of carbonyl (C=O) groups is 11. The van der Waals surface area contributed by atoms with Crippen LogP contribution in [0.4, 0.5) is 51.6 Å². The number of hydrogen-bond acceptors (Lipinski definition) is 29. The van der Waals surface area contributed by atoms with Gasteiger partial charge in [0.25, 0.3) is 17.1 Å². The quantitative estimate of drug-likeness (QED) is 0.0268. The van der Waals surface area contributed by atoms with E-state index in [1.165, 1.54) is 125 Å². The zero-order valence-electron chi connectivity index (χ0n) is 69.3. The van der Waals surface area contributed by atoms with Crippen LogP contribution in [-0.4, -0.2) is 182 Å². The van der Waals surface area contributed by atoms with Crippen molar-refractivity contribution in [2.75, 3.05) is 69.3 Å². The molecular formula is C86H78F2N12O28. The molecule has 0 bridgehead atoms. The summed E-state index contributed by atoms with van der Waals surface area (Å²) in [6.45, 7) is 10.8. The largest absolute Gasteiger partial charge is 0.519 e. The Morgan fingerprint density at radius 2 is 0.836 bits per heavy atom. The molecule has 5 aromatic carbocycles. The van der Waals surface area contributed by atoms with Crippen molar-refractivity contribution in [3.8, 4) is 17.2 Å². The van der Waals surface area contributed by atoms with Crippen LogP contribution in [0.1, 0.15) is 128 Å². The standard InChI is InChI=1S/C28H27FN4O8.C18H14N2O7.C16H18FN3O3.C13H8N2O7.C11H11NO3/c1-4-31-13-17(27(37)38)25(35)16-9-18(29)20(10-19(16)31)32-5-7-33(8-6-32)28(39)41-14-15-12-30(2)24-21(34)11-22(40-3)26(36)23(15)24;1-10-7-14(21)16-15(17(10)22)11(8-19(16)2)9-26-18(23)27-13-5-3-12(4-6-13)20(24)25;1-2-19-9-11(16(22)23)15(21)10-7-12(17)14(8-13(10)19)20-5-3-18-4-6-20;16-13(21-11-5-1-9(2-6-11)14(17)18)22-12-7-3-10(4-8-12)15(19)20;1-6-3-8(14)10-9(11(6)15)7(5-13)4-12(10)2/h9-13H,4-8,14H2,1-3H3,(H,37,38);3-8H,9H2,1-2H3;7-9,18H,2-6H2,1H3,(H,22,23);1-8H;3-4,13H,5H2,1-2H3. The van der Waals surface area contributed by atoms with Crippen molar-refractivity contribution in [2.45, 2.75) is 60.6 Å². The number of allylic oxidation sites excluding steroid dienone is 6. The highest BCUT2D eigenvalue weighted by Crippen LogP contribution is 2.34. The Kier molecular flexibility index (Phi) is 28.5. The smallest absolute Gasteiger partial charge is 0.492 e. The first-order valence-corrected chi connectivity index (χ1v) is 38.7. The molecule has 40 nitrogen and oxygen atoms in total. The van der Waals surface area contributed by atoms with Crippen molar-refractivity contribution in [2.24, 2.45) is 21.1 Å². The number of fused-ring (bicyclic) bond motifs is 5. The van der Waals surface area contributed by atoms with Gasteiger partial charge in [-0.25, -0.2) is 32.8 Å². The molecule has 15 rings (SSSR count). The van der Waals surface area contributed by atoms with Gasteiger partial charge < -0.3 is 86.6 Å². The number of aliphatic hydroxyl groups excluding tert-OH is 1. The van der Waals surface area contributed by atoms with Crippen molar-refractivity contribution in [1.29, 1.82) is 0 Å². The number of anilines is 2. The molecule has 2 saturated heterocycles. The minimum atomic E-state index is -1.38. The fourth-order valence-electron chi connectivity index (χ4n) is 14.4. The van der Waals surface area contributed by atoms with Gasteiger partial charge in [0.2, 0.25) is 34.0 Å². The van der Waals surface area contributed by atoms with E-state index in [0.717, 1.165) is 31.3 Å². The number of benzene rings is 5. The van der Waals surface area contributed by atoms with Gasteiger partial charge in [0.05, 0.1) is 67.6 Å². The van der Waals surface area contributed by atoms with E-state index in [4.69, 9.17) is 38.6 Å². The number of non-ortho nitro benzene ring substituents is 3. The van der Waals surface area contributed by atoms with E-state index in [1.807, 2.05) is 11.8 Å². The van der Waals surface area contributed by atoms with Crippen LogP contribution < -0.4 is 40.2 Å². The highest BCUT2D eigenvalue weighted by Gasteiger charge is 2.36. The van der Waals surface area contributed by atoms with Crippen molar-refractivity contribution >= 4 is 115 Å². The first kappa shape index (κ1) is 92.4. The summed E-state index contributed by atoms with van der Waals surface area (Å²) in [6, 6.07) is 20.0. The molecule has 0 atom stereocenters. The van der Waals surface area contributed by atoms with Crippen LogP contribution in [0.25, 0.3) is 21.8 Å². The number of nitro benzene ring substituents is 3. The zero-order chi connectivity index (χ0) is 93.1. The number of carboxylic acids is 2. The molecule has 5 aromatic heterocycles. The van der Waals surface area contributed by atoms with Gasteiger partial charge in [0, 0.05) is 199 Å². The molecule has 7 heterocycles. The van der Waals surface area contributed by atoms with E-state index >= 15 is 4.39 Å². The summed E-state index contributed by atoms with van der Waals surface area (Å²) < 4.78 is 67.6. The molecule has 0 saturated carbocycles. The van der Waals surface area contributed by atoms with Crippen molar-refractivity contribution in [3.63, 3.8) is 0 Å². The van der Waals surface area contributed by atoms with E-state index in [2.05, 4.69) is 5.32 Å². The first-order chi connectivity index (χ1) is 60.9. The number of methoxy groups -OCH3 is 1. The molecule has 4 N–H and O–H groups in total. The van der Waals surface area contributed by atoms with Crippen LogP contribution in [0.2, 0.25) is 0 Å². The molecule has 2 fully saturated rings. The van der Waals surface area contributed by atoms with Gasteiger partial charge in [-0.2, -0.15) is 0 Å². The normalized spacial score (nSPS) is 13.8. The third-order valence-corrected chi connectivity index (χ3v) is 20.7. The number of aryl methyl sites for hydroxylation is 5. The second kappa shape index (κ2) is 39.5. The monoisotopic (exact) mass is 1760 g/mol. The van der Waals surface area contributed by atoms with Crippen molar-refractivity contribution in [1.82, 2.24) is 33.1 Å². The van der Waals surface area contributed by atoms with Crippen LogP contribution in [0, 0.1) is 42.0 Å². The minimum absolute atomic E-state index is 0.0217. The number of nitrogens with zero attached hydrogens (tertiary/aromatic N) is 11. The average Bonchev–Trinajstić information content (AvgIpc) is 0.987. The predicted molar refractivity (Wildman–Crippen MR) is 448 cm³/mol. The second-order valence-corrected chi connectivity index (χ2v) is 28.8. The molecule has 2 aliphatic heterocycles. The number of hydrogen-bond donors (Lipinski definition) is 4. The SMILES string of the molecule is CC1=CC(=O)c2c(c(CO)cn2C)C1=O.CC1=CC(=O)c2c(c(COC(=O)Oc3ccc([N+](=O)[O-])cc3)cn2C)C1=O.CCn1cc(C(=O)O)c(=O)c2cc(F)c(N3CCN(C(=O)OCc4cn(C)c5c4C(=O)C(OC)=CC5=O)CC3)cc21.CCn1cc(C(=O)O)c(=O)c2cc(F)c(N3CCNCC3)cc21.O=C(Oc1ccc([N+](=O)[O-])cc1)Oc1ccc([N+](=O)[O-])cc1. The summed E-state index contributed by atoms with van der Waals surface area (Å²) in [5.74, 6) is -5.51. The van der Waals surface area contributed by atoms with Crippen LogP contribution in [-0.2, 0) is 68.3 Å². The summed E-state index contributed by atoms with van der Waals surface area (Å²) in [5.41, 5.74) is 2.57. The maximum Gasteiger partial charge on any atom is 0.519 e. The summed E-state index contributed by atoms with van der Waals surface area (Å²) in [4.78, 5) is 192. The zero-order valence-corrected chi connectivity index (χ0v) is 69.3. The van der Waals surface area contributed by atoms with Crippen LogP contribution in [0.3, 0.4) is 0 Å². The van der Waals surface area contributed by atoms with Gasteiger partial charge in [0.1, 0.15) is 70.3 Å². The highest BCUT2D eigenvalue weighted by molar-refractivity contribution is 6.26. The first-order valence-electron chi connectivity index (χ1n) is 38.7. The number of aliphatic hydroxyl groups is 1. The Morgan fingerprint density at radius 3 is 1.21 bits per heavy atom. The number of nitro groups is 3. The number of carboxylic acid groups (broad SMARTS) is 2. The number of halogens is 2. The van der Waals surface area contributed by atoms with E-state index in [9.17, 15) is 102 Å². The number of ether oxygens (including phenoxy) is 6. The van der Waals surface area contributed by atoms with E-state index in [-0.39, 0.29) is 160 Å². The number of piperazine rings is 2. The highest BCUT2D eigenvalue weighted by atomic mass is 19.1. The topological polar surface area (TPSA) is 514 Å². The molecule has 42 heteroatoms. The number of nitrogens with one attached hydrogen (secondary N) is 1. The Balaban J connectivity index is 0.000000161. The number of ketones is 6. The fraction of sp³-hybridized carbons (Fsp3) is 0.244. The lowest BCUT2D eigenvalue weighted by molar-refractivity contribution is -0.385. The lowest BCUT2D eigenvalue weighted by Gasteiger charge is -2.35. The number of amides is 1. The number of Topliss-reactive ketones (excluding diaryl/α,β-unsaturated/α-hetero) is 3. The molecule has 10 aromatic rings. The molecule has 3 aliphatic carbocycles. The van der Waals surface area contributed by atoms with Crippen molar-refractivity contribution in [3.05, 3.63) is 287 Å². The Hall–Kier alpha value is -16.3. The summed E-state index contributed by atoms with van der Waals surface area (Å²) in [5, 5.41) is 62.4. The Bertz CT molecular complexity index is 6420. The molecular weight excluding hydrogens is 1690 g/mol. The molecule has 0 unspecified atom stereocenters. The minimum Gasteiger partial charge on any atom is -0.492 e. The van der Waals surface area contributed by atoms with Gasteiger partial charge in [-0.15, -0.1) is 0 Å². The average molecular weight is 1770 g/mol. The number of aromatic carboxylic acids is 2. The van der Waals surface area contributed by atoms with Gasteiger partial charge in [0.15, 0.2) is 17.3 Å². The third kappa shape index (κ3) is 20.2. The summed E-state index contributed by atoms with van der Waals surface area (Å²) in [6.07, 6.45) is 8.33. The molecule has 664 valence electrons. The van der Waals surface area contributed by atoms with Crippen molar-refractivity contribution < 1.29 is 120 Å². The number of pyridine rings is 2. The number of aromatic nitrogens is 5. The van der Waals surface area contributed by atoms with Crippen LogP contribution in [0.5, 0.6) is 17.2 Å². The van der Waals surface area contributed by atoms with Gasteiger partial charge >= 0.3 is 30.3 Å². The lowest BCUT2D eigenvalue weighted by atomic mass is 9.93. The summed E-state index contributed by atoms with van der Waals surface area (Å²) >= 11 is 0. The number of carbonyl (C=O) groups excluding carboxylic acids is 9. The molecule has 5 aliphatic rings. The summed E-state index contributed by atoms with van der Waals surface area (Å²) in [7, 11) is 6.23. The van der Waals surface area contributed by atoms with Crippen LogP contribution in [0.15, 0.2) is 173 Å². The Morgan fingerprint density at radius 1 is 0.477 bits per heavy atom. The van der Waals surface area contributed by atoms with Gasteiger partial charge in [-0.05, 0) is 101 Å². The maximum atomic E-state index is 15.2. The second-order valence-electron chi connectivity index (χ2n) is 28.8. The van der Waals surface area contributed by atoms with Crippen LogP contribution >= 0.6 is 0 Å². The predicted octanol–water partition coefficient (Wildman–Crippen LogP) is 10.7. The van der Waals surface area contributed by atoms with E-state index in [0.29, 0.717) is 82.0 Å².